The van der Waals surface area contributed by atoms with E-state index in [1.165, 1.54) is 23.0 Å². The van der Waals surface area contributed by atoms with E-state index in [1.54, 1.807) is 31.2 Å². The van der Waals surface area contributed by atoms with Crippen LogP contribution in [0.25, 0.3) is 12.2 Å². The van der Waals surface area contributed by atoms with Crippen molar-refractivity contribution in [3.63, 3.8) is 0 Å². The molecule has 0 spiro atoms. The quantitative estimate of drug-likeness (QED) is 0.370. The van der Waals surface area contributed by atoms with Gasteiger partial charge in [-0.05, 0) is 30.2 Å². The van der Waals surface area contributed by atoms with Crippen LogP contribution in [0.1, 0.15) is 24.1 Å². The van der Waals surface area contributed by atoms with Gasteiger partial charge in [0.2, 0.25) is 0 Å². The summed E-state index contributed by atoms with van der Waals surface area (Å²) in [4.78, 5) is 31.6. The number of methoxy groups -OCH3 is 1. The Morgan fingerprint density at radius 3 is 2.62 bits per heavy atom. The number of halogens is 1. The van der Waals surface area contributed by atoms with Gasteiger partial charge in [0.15, 0.2) is 4.80 Å². The normalized spacial score (nSPS) is 16.0. The first-order valence-electron chi connectivity index (χ1n) is 10.7. The SMILES string of the molecule is COCCOC(=O)C1=C(C)N=c2s/c(=C\C=C\c3ccccc3)c(=O)n2[C@@H]1c1ccccc1Cl. The first-order chi connectivity index (χ1) is 16.5. The van der Waals surface area contributed by atoms with Gasteiger partial charge in [0.05, 0.1) is 22.4 Å². The monoisotopic (exact) mass is 494 g/mol. The van der Waals surface area contributed by atoms with E-state index in [0.29, 0.717) is 25.6 Å². The molecule has 1 aliphatic heterocycles. The number of nitrogens with zero attached hydrogens (tertiary/aromatic N) is 2. The van der Waals surface area contributed by atoms with Gasteiger partial charge in [0.1, 0.15) is 12.6 Å². The third-order valence-electron chi connectivity index (χ3n) is 5.30. The Labute approximate surface area is 205 Å². The molecule has 0 N–H and O–H groups in total. The van der Waals surface area contributed by atoms with Gasteiger partial charge in [-0.15, -0.1) is 0 Å². The highest BCUT2D eigenvalue weighted by atomic mass is 35.5. The first-order valence-corrected chi connectivity index (χ1v) is 11.9. The molecule has 6 nitrogen and oxygen atoms in total. The largest absolute Gasteiger partial charge is 0.460 e. The molecular weight excluding hydrogens is 472 g/mol. The number of allylic oxidation sites excluding steroid dienone is 2. The smallest absolute Gasteiger partial charge is 0.338 e. The Balaban J connectivity index is 1.83. The first kappa shape index (κ1) is 23.9. The number of rotatable bonds is 7. The molecule has 174 valence electrons. The van der Waals surface area contributed by atoms with Crippen LogP contribution < -0.4 is 14.9 Å². The molecule has 2 aromatic carbocycles. The summed E-state index contributed by atoms with van der Waals surface area (Å²) in [6.45, 7) is 2.10. The van der Waals surface area contributed by atoms with Crippen LogP contribution in [0.2, 0.25) is 5.02 Å². The average Bonchev–Trinajstić information content (AvgIpc) is 3.14. The number of hydrogen-bond acceptors (Lipinski definition) is 6. The van der Waals surface area contributed by atoms with Crippen molar-refractivity contribution < 1.29 is 14.3 Å². The second kappa shape index (κ2) is 10.8. The molecule has 0 unspecified atom stereocenters. The van der Waals surface area contributed by atoms with E-state index in [2.05, 4.69) is 4.99 Å². The van der Waals surface area contributed by atoms with Crippen LogP contribution in [-0.4, -0.2) is 30.9 Å². The Morgan fingerprint density at radius 1 is 1.15 bits per heavy atom. The van der Waals surface area contributed by atoms with Gasteiger partial charge in [-0.1, -0.05) is 83.6 Å². The van der Waals surface area contributed by atoms with Crippen molar-refractivity contribution in [3.8, 4) is 0 Å². The Hall–Kier alpha value is -3.26. The van der Waals surface area contributed by atoms with Crippen LogP contribution >= 0.6 is 22.9 Å². The van der Waals surface area contributed by atoms with E-state index in [0.717, 1.165) is 5.56 Å². The molecule has 3 aromatic rings. The number of fused-ring (bicyclic) bond motifs is 1. The second-order valence-electron chi connectivity index (χ2n) is 7.52. The lowest BCUT2D eigenvalue weighted by Gasteiger charge is -2.25. The molecule has 0 radical (unpaired) electrons. The van der Waals surface area contributed by atoms with Crippen LogP contribution in [-0.2, 0) is 14.3 Å². The number of ether oxygens (including phenoxy) is 2. The lowest BCUT2D eigenvalue weighted by Crippen LogP contribution is -2.40. The third kappa shape index (κ3) is 4.97. The maximum Gasteiger partial charge on any atom is 0.338 e. The molecule has 0 fully saturated rings. The fraction of sp³-hybridized carbons (Fsp3) is 0.192. The Kier molecular flexibility index (Phi) is 7.57. The summed E-state index contributed by atoms with van der Waals surface area (Å²) in [6.07, 6.45) is 5.52. The van der Waals surface area contributed by atoms with Crippen LogP contribution in [0, 0.1) is 0 Å². The molecule has 0 saturated heterocycles. The fourth-order valence-corrected chi connectivity index (χ4v) is 4.93. The molecule has 1 aromatic heterocycles. The number of hydrogen-bond donors (Lipinski definition) is 0. The summed E-state index contributed by atoms with van der Waals surface area (Å²) in [7, 11) is 1.53. The highest BCUT2D eigenvalue weighted by Gasteiger charge is 2.34. The van der Waals surface area contributed by atoms with Gasteiger partial charge < -0.3 is 9.47 Å². The molecule has 4 rings (SSSR count). The van der Waals surface area contributed by atoms with Gasteiger partial charge in [-0.25, -0.2) is 9.79 Å². The lowest BCUT2D eigenvalue weighted by molar-refractivity contribution is -0.140. The van der Waals surface area contributed by atoms with Crippen LogP contribution in [0.15, 0.2) is 81.7 Å². The zero-order valence-corrected chi connectivity index (χ0v) is 20.3. The van der Waals surface area contributed by atoms with Crippen molar-refractivity contribution >= 4 is 41.1 Å². The van der Waals surface area contributed by atoms with Gasteiger partial charge in [0, 0.05) is 12.1 Å². The average molecular weight is 495 g/mol. The molecule has 8 heteroatoms. The number of esters is 1. The Bertz CT molecular complexity index is 1440. The predicted octanol–water partition coefficient (Wildman–Crippen LogP) is 3.74. The van der Waals surface area contributed by atoms with Crippen LogP contribution in [0.3, 0.4) is 0 Å². The maximum atomic E-state index is 13.5. The minimum atomic E-state index is -0.750. The van der Waals surface area contributed by atoms with E-state index in [1.807, 2.05) is 48.6 Å². The summed E-state index contributed by atoms with van der Waals surface area (Å²) in [6, 6.07) is 16.2. The number of thiazole rings is 1. The number of carbonyl (C=O) groups excluding carboxylic acids is 1. The van der Waals surface area contributed by atoms with Crippen molar-refractivity contribution in [2.24, 2.45) is 4.99 Å². The summed E-state index contributed by atoms with van der Waals surface area (Å²) in [5, 5.41) is 0.447. The van der Waals surface area contributed by atoms with Crippen molar-refractivity contribution in [2.75, 3.05) is 20.3 Å². The summed E-state index contributed by atoms with van der Waals surface area (Å²) in [5.74, 6) is -0.554. The standard InChI is InChI=1S/C26H23ClN2O4S/c1-17-22(25(31)33-16-15-32-2)23(19-12-6-7-13-20(19)27)29-24(30)21(34-26(29)28-17)14-8-11-18-9-4-3-5-10-18/h3-14,23H,15-16H2,1-2H3/b11-8+,21-14-/t23-/m1/s1. The minimum absolute atomic E-state index is 0.0933. The number of carbonyl (C=O) groups is 1. The molecular formula is C26H23ClN2O4S. The minimum Gasteiger partial charge on any atom is -0.460 e. The maximum absolute atomic E-state index is 13.5. The van der Waals surface area contributed by atoms with Crippen LogP contribution in [0.5, 0.6) is 0 Å². The molecule has 0 saturated carbocycles. The summed E-state index contributed by atoms with van der Waals surface area (Å²) >= 11 is 7.79. The molecule has 0 bridgehead atoms. The van der Waals surface area contributed by atoms with E-state index in [9.17, 15) is 9.59 Å². The van der Waals surface area contributed by atoms with Gasteiger partial charge in [0.25, 0.3) is 5.56 Å². The topological polar surface area (TPSA) is 69.9 Å². The van der Waals surface area contributed by atoms with E-state index in [4.69, 9.17) is 21.1 Å². The molecule has 1 aliphatic rings. The molecule has 0 aliphatic carbocycles. The molecule has 34 heavy (non-hydrogen) atoms. The van der Waals surface area contributed by atoms with Crippen molar-refractivity contribution in [1.82, 2.24) is 4.57 Å². The van der Waals surface area contributed by atoms with Gasteiger partial charge in [-0.3, -0.25) is 9.36 Å². The highest BCUT2D eigenvalue weighted by molar-refractivity contribution is 7.07. The van der Waals surface area contributed by atoms with Crippen LogP contribution in [0.4, 0.5) is 0 Å². The zero-order chi connectivity index (χ0) is 24.1. The van der Waals surface area contributed by atoms with E-state index in [-0.39, 0.29) is 24.3 Å². The van der Waals surface area contributed by atoms with E-state index < -0.39 is 12.0 Å². The fourth-order valence-electron chi connectivity index (χ4n) is 3.69. The summed E-state index contributed by atoms with van der Waals surface area (Å²) < 4.78 is 12.4. The number of aromatic nitrogens is 1. The van der Waals surface area contributed by atoms with Gasteiger partial charge in [-0.2, -0.15) is 0 Å². The predicted molar refractivity (Wildman–Crippen MR) is 134 cm³/mol. The van der Waals surface area contributed by atoms with Crippen molar-refractivity contribution in [1.29, 1.82) is 0 Å². The van der Waals surface area contributed by atoms with Crippen molar-refractivity contribution in [3.05, 3.63) is 108 Å². The van der Waals surface area contributed by atoms with E-state index >= 15 is 0 Å². The number of benzene rings is 2. The molecule has 2 heterocycles. The Morgan fingerprint density at radius 2 is 1.88 bits per heavy atom. The zero-order valence-electron chi connectivity index (χ0n) is 18.7. The molecule has 0 amide bonds. The third-order valence-corrected chi connectivity index (χ3v) is 6.64. The lowest BCUT2D eigenvalue weighted by atomic mass is 9.96. The van der Waals surface area contributed by atoms with Crippen molar-refractivity contribution in [2.45, 2.75) is 13.0 Å². The molecule has 1 atom stereocenters. The summed E-state index contributed by atoms with van der Waals surface area (Å²) in [5.41, 5.74) is 2.17. The van der Waals surface area contributed by atoms with Gasteiger partial charge >= 0.3 is 5.97 Å². The highest BCUT2D eigenvalue weighted by Crippen LogP contribution is 2.34. The second-order valence-corrected chi connectivity index (χ2v) is 8.94.